The minimum absolute atomic E-state index is 0.155. The third-order valence-corrected chi connectivity index (χ3v) is 5.19. The molecule has 5 heteroatoms. The molecule has 0 rings (SSSR count). The lowest BCUT2D eigenvalue weighted by Crippen LogP contribution is -2.23. The van der Waals surface area contributed by atoms with Gasteiger partial charge in [-0.3, -0.25) is 9.59 Å². The Bertz CT molecular complexity index is 402. The van der Waals surface area contributed by atoms with Gasteiger partial charge < -0.3 is 14.4 Å². The molecule has 0 aliphatic heterocycles. The van der Waals surface area contributed by atoms with Gasteiger partial charge in [-0.25, -0.2) is 0 Å². The summed E-state index contributed by atoms with van der Waals surface area (Å²) in [5.74, 6) is 0.0608. The van der Waals surface area contributed by atoms with Crippen LogP contribution in [-0.4, -0.2) is 50.2 Å². The molecule has 0 aromatic rings. The summed E-state index contributed by atoms with van der Waals surface area (Å²) in [6.45, 7) is 7.39. The molecule has 0 saturated carbocycles. The summed E-state index contributed by atoms with van der Waals surface area (Å²) < 4.78 is 10.8. The van der Waals surface area contributed by atoms with Crippen molar-refractivity contribution in [1.82, 2.24) is 4.90 Å². The van der Waals surface area contributed by atoms with Gasteiger partial charge in [-0.15, -0.1) is 0 Å². The fourth-order valence-corrected chi connectivity index (χ4v) is 3.41. The molecule has 0 aliphatic carbocycles. The monoisotopic (exact) mass is 413 g/mol. The zero-order valence-corrected chi connectivity index (χ0v) is 19.8. The Kier molecular flexibility index (Phi) is 18.2. The molecule has 0 N–H and O–H groups in total. The summed E-state index contributed by atoms with van der Waals surface area (Å²) in [6, 6.07) is 0. The van der Waals surface area contributed by atoms with E-state index in [4.69, 9.17) is 9.47 Å². The van der Waals surface area contributed by atoms with Crippen LogP contribution >= 0.6 is 0 Å². The van der Waals surface area contributed by atoms with Crippen molar-refractivity contribution in [3.63, 3.8) is 0 Å². The summed E-state index contributed by atoms with van der Waals surface area (Å²) in [5.41, 5.74) is 0. The first-order valence-electron chi connectivity index (χ1n) is 11.9. The summed E-state index contributed by atoms with van der Waals surface area (Å²) >= 11 is 0. The van der Waals surface area contributed by atoms with E-state index in [0.29, 0.717) is 18.8 Å². The van der Waals surface area contributed by atoms with E-state index in [2.05, 4.69) is 32.8 Å². The first-order chi connectivity index (χ1) is 13.9. The van der Waals surface area contributed by atoms with E-state index in [9.17, 15) is 9.59 Å². The number of carbonyl (C=O) groups excluding carboxylic acids is 2. The number of nitrogens with zero attached hydrogens (tertiary/aromatic N) is 1. The molecule has 1 atom stereocenters. The molecule has 0 aromatic heterocycles. The number of ether oxygens (including phenoxy) is 2. The smallest absolute Gasteiger partial charge is 0.306 e. The van der Waals surface area contributed by atoms with Crippen LogP contribution in [0.5, 0.6) is 0 Å². The SMILES string of the molecule is CCCCCC(CCCCC)CC(=O)OCC(C)OC(=O)CCCCCN(C)C. The van der Waals surface area contributed by atoms with Crippen molar-refractivity contribution in [1.29, 1.82) is 0 Å². The molecule has 0 amide bonds. The number of rotatable bonds is 19. The predicted octanol–water partition coefficient (Wildman–Crippen LogP) is 5.75. The van der Waals surface area contributed by atoms with Gasteiger partial charge in [-0.2, -0.15) is 0 Å². The van der Waals surface area contributed by atoms with Gasteiger partial charge >= 0.3 is 11.9 Å². The Labute approximate surface area is 179 Å². The minimum atomic E-state index is -0.383. The maximum absolute atomic E-state index is 12.2. The fraction of sp³-hybridized carbons (Fsp3) is 0.917. The highest BCUT2D eigenvalue weighted by Crippen LogP contribution is 2.21. The second-order valence-electron chi connectivity index (χ2n) is 8.66. The molecular formula is C24H47NO4. The normalized spacial score (nSPS) is 12.4. The van der Waals surface area contributed by atoms with E-state index in [1.165, 1.54) is 38.5 Å². The van der Waals surface area contributed by atoms with Crippen LogP contribution in [0.25, 0.3) is 0 Å². The van der Waals surface area contributed by atoms with Crippen LogP contribution in [0.4, 0.5) is 0 Å². The minimum Gasteiger partial charge on any atom is -0.462 e. The molecule has 0 radical (unpaired) electrons. The highest BCUT2D eigenvalue weighted by Gasteiger charge is 2.17. The first-order valence-corrected chi connectivity index (χ1v) is 11.9. The maximum atomic E-state index is 12.2. The van der Waals surface area contributed by atoms with Gasteiger partial charge in [0, 0.05) is 12.8 Å². The molecule has 0 spiro atoms. The average molecular weight is 414 g/mol. The molecule has 5 nitrogen and oxygen atoms in total. The van der Waals surface area contributed by atoms with E-state index in [1.807, 2.05) is 0 Å². The third kappa shape index (κ3) is 18.7. The first kappa shape index (κ1) is 27.9. The van der Waals surface area contributed by atoms with Crippen LogP contribution in [0, 0.1) is 5.92 Å². The Balaban J connectivity index is 4.02. The zero-order valence-electron chi connectivity index (χ0n) is 19.8. The number of carbonyl (C=O) groups is 2. The number of hydrogen-bond donors (Lipinski definition) is 0. The summed E-state index contributed by atoms with van der Waals surface area (Å²) in [7, 11) is 4.10. The highest BCUT2D eigenvalue weighted by atomic mass is 16.6. The van der Waals surface area contributed by atoms with Gasteiger partial charge in [0.25, 0.3) is 0 Å². The summed E-state index contributed by atoms with van der Waals surface area (Å²) in [4.78, 5) is 26.3. The molecule has 29 heavy (non-hydrogen) atoms. The van der Waals surface area contributed by atoms with Crippen molar-refractivity contribution in [2.45, 2.75) is 110 Å². The van der Waals surface area contributed by atoms with Crippen LogP contribution in [0.2, 0.25) is 0 Å². The Hall–Kier alpha value is -1.10. The van der Waals surface area contributed by atoms with Gasteiger partial charge in [0.2, 0.25) is 0 Å². The van der Waals surface area contributed by atoms with Gasteiger partial charge in [0.05, 0.1) is 0 Å². The van der Waals surface area contributed by atoms with Crippen molar-refractivity contribution in [3.05, 3.63) is 0 Å². The maximum Gasteiger partial charge on any atom is 0.306 e. The zero-order chi connectivity index (χ0) is 21.9. The number of esters is 2. The van der Waals surface area contributed by atoms with E-state index in [-0.39, 0.29) is 24.6 Å². The lowest BCUT2D eigenvalue weighted by molar-refractivity contribution is -0.158. The lowest BCUT2D eigenvalue weighted by atomic mass is 9.92. The standard InChI is InChI=1S/C24H47NO4/c1-6-8-11-15-22(16-12-9-7-2)19-24(27)28-20-21(3)29-23(26)17-13-10-14-18-25(4)5/h21-22H,6-20H2,1-5H3. The largest absolute Gasteiger partial charge is 0.462 e. The molecule has 0 saturated heterocycles. The average Bonchev–Trinajstić information content (AvgIpc) is 2.66. The van der Waals surface area contributed by atoms with Crippen LogP contribution in [0.3, 0.4) is 0 Å². The summed E-state index contributed by atoms with van der Waals surface area (Å²) in [6.07, 6.45) is 12.9. The highest BCUT2D eigenvalue weighted by molar-refractivity contribution is 5.70. The summed E-state index contributed by atoms with van der Waals surface area (Å²) in [5, 5.41) is 0. The Morgan fingerprint density at radius 2 is 1.45 bits per heavy atom. The lowest BCUT2D eigenvalue weighted by Gasteiger charge is -2.18. The van der Waals surface area contributed by atoms with E-state index in [1.54, 1.807) is 6.92 Å². The van der Waals surface area contributed by atoms with Crippen molar-refractivity contribution < 1.29 is 19.1 Å². The number of hydrogen-bond acceptors (Lipinski definition) is 5. The molecule has 0 heterocycles. The van der Waals surface area contributed by atoms with Crippen LogP contribution < -0.4 is 0 Å². The second-order valence-corrected chi connectivity index (χ2v) is 8.66. The van der Waals surface area contributed by atoms with Crippen LogP contribution in [0.1, 0.15) is 104 Å². The molecule has 0 aromatic carbocycles. The molecule has 172 valence electrons. The quantitative estimate of drug-likeness (QED) is 0.199. The van der Waals surface area contributed by atoms with E-state index < -0.39 is 0 Å². The molecule has 0 aliphatic rings. The number of unbranched alkanes of at least 4 members (excludes halogenated alkanes) is 6. The third-order valence-electron chi connectivity index (χ3n) is 5.19. The van der Waals surface area contributed by atoms with Gasteiger partial charge in [-0.05, 0) is 59.2 Å². The van der Waals surface area contributed by atoms with Crippen molar-refractivity contribution >= 4 is 11.9 Å². The molecule has 0 fully saturated rings. The topological polar surface area (TPSA) is 55.8 Å². The van der Waals surface area contributed by atoms with Crippen LogP contribution in [0.15, 0.2) is 0 Å². The van der Waals surface area contributed by atoms with Gasteiger partial charge in [0.1, 0.15) is 12.7 Å². The van der Waals surface area contributed by atoms with Crippen molar-refractivity contribution in [2.24, 2.45) is 5.92 Å². The van der Waals surface area contributed by atoms with E-state index in [0.717, 1.165) is 38.6 Å². The molecular weight excluding hydrogens is 366 g/mol. The fourth-order valence-electron chi connectivity index (χ4n) is 3.41. The predicted molar refractivity (Wildman–Crippen MR) is 120 cm³/mol. The Morgan fingerprint density at radius 3 is 2.00 bits per heavy atom. The van der Waals surface area contributed by atoms with Gasteiger partial charge in [-0.1, -0.05) is 58.8 Å². The molecule has 0 bridgehead atoms. The van der Waals surface area contributed by atoms with Gasteiger partial charge in [0.15, 0.2) is 0 Å². The van der Waals surface area contributed by atoms with E-state index >= 15 is 0 Å². The molecule has 1 unspecified atom stereocenters. The van der Waals surface area contributed by atoms with Crippen molar-refractivity contribution in [3.8, 4) is 0 Å². The van der Waals surface area contributed by atoms with Crippen LogP contribution in [-0.2, 0) is 19.1 Å². The van der Waals surface area contributed by atoms with Crippen molar-refractivity contribution in [2.75, 3.05) is 27.2 Å². The Morgan fingerprint density at radius 1 is 0.828 bits per heavy atom. The second kappa shape index (κ2) is 18.9.